The molecule has 0 fully saturated rings. The van der Waals surface area contributed by atoms with Crippen molar-refractivity contribution in [1.82, 2.24) is 4.31 Å². The van der Waals surface area contributed by atoms with Gasteiger partial charge in [-0.25, -0.2) is 12.8 Å². The van der Waals surface area contributed by atoms with Crippen LogP contribution in [0.25, 0.3) is 0 Å². The monoisotopic (exact) mass is 313 g/mol. The molecule has 1 heterocycles. The van der Waals surface area contributed by atoms with Gasteiger partial charge in [-0.1, -0.05) is 18.2 Å². The van der Waals surface area contributed by atoms with E-state index in [1.54, 1.807) is 12.1 Å². The summed E-state index contributed by atoms with van der Waals surface area (Å²) in [6.45, 7) is 1.03. The molecule has 114 valence electrons. The van der Waals surface area contributed by atoms with Crippen molar-refractivity contribution in [2.45, 2.75) is 25.0 Å². The molecule has 1 aromatic heterocycles. The molecule has 0 radical (unpaired) electrons. The van der Waals surface area contributed by atoms with Crippen molar-refractivity contribution < 1.29 is 22.3 Å². The van der Waals surface area contributed by atoms with E-state index in [4.69, 9.17) is 9.52 Å². The third-order valence-corrected chi connectivity index (χ3v) is 5.03. The van der Waals surface area contributed by atoms with E-state index in [0.29, 0.717) is 0 Å². The number of aryl methyl sites for hydroxylation is 1. The molecule has 0 aliphatic heterocycles. The Morgan fingerprint density at radius 2 is 2.00 bits per heavy atom. The van der Waals surface area contributed by atoms with E-state index in [-0.39, 0.29) is 35.1 Å². The maximum atomic E-state index is 13.6. The van der Waals surface area contributed by atoms with Crippen LogP contribution < -0.4 is 0 Å². The van der Waals surface area contributed by atoms with Gasteiger partial charge in [-0.2, -0.15) is 4.31 Å². The Morgan fingerprint density at radius 1 is 1.33 bits per heavy atom. The van der Waals surface area contributed by atoms with Crippen LogP contribution in [0.2, 0.25) is 0 Å². The summed E-state index contributed by atoms with van der Waals surface area (Å²) >= 11 is 0. The highest BCUT2D eigenvalue weighted by Crippen LogP contribution is 2.24. The lowest BCUT2D eigenvalue weighted by molar-refractivity contribution is 0.244. The zero-order chi connectivity index (χ0) is 15.6. The largest absolute Gasteiger partial charge is 0.462 e. The second-order valence-electron chi connectivity index (χ2n) is 4.64. The Labute approximate surface area is 122 Å². The van der Waals surface area contributed by atoms with Crippen LogP contribution in [0.1, 0.15) is 17.1 Å². The fraction of sp³-hybridized carbons (Fsp3) is 0.286. The molecule has 5 nitrogen and oxygen atoms in total. The van der Waals surface area contributed by atoms with Crippen LogP contribution in [-0.2, 0) is 23.2 Å². The zero-order valence-electron chi connectivity index (χ0n) is 11.7. The van der Waals surface area contributed by atoms with Crippen LogP contribution in [0.15, 0.2) is 39.6 Å². The van der Waals surface area contributed by atoms with Gasteiger partial charge in [0, 0.05) is 25.2 Å². The minimum Gasteiger partial charge on any atom is -0.462 e. The summed E-state index contributed by atoms with van der Waals surface area (Å²) in [4.78, 5) is -0.0228. The number of furan rings is 1. The number of aliphatic hydroxyl groups is 1. The Bertz CT molecular complexity index is 739. The molecule has 0 spiro atoms. The predicted molar refractivity (Wildman–Crippen MR) is 74.4 cm³/mol. The fourth-order valence-corrected chi connectivity index (χ4v) is 3.31. The van der Waals surface area contributed by atoms with Crippen LogP contribution >= 0.6 is 0 Å². The van der Waals surface area contributed by atoms with Crippen LogP contribution in [0.5, 0.6) is 0 Å². The summed E-state index contributed by atoms with van der Waals surface area (Å²) in [7, 11) is -2.44. The Kier molecular flexibility index (Phi) is 4.46. The van der Waals surface area contributed by atoms with Gasteiger partial charge in [0.1, 0.15) is 28.8 Å². The second-order valence-corrected chi connectivity index (χ2v) is 6.66. The lowest BCUT2D eigenvalue weighted by atomic mass is 10.2. The fourth-order valence-electron chi connectivity index (χ4n) is 1.98. The molecular formula is C14H16FNO4S. The van der Waals surface area contributed by atoms with Crippen LogP contribution in [-0.4, -0.2) is 24.9 Å². The van der Waals surface area contributed by atoms with E-state index < -0.39 is 15.8 Å². The van der Waals surface area contributed by atoms with E-state index in [1.807, 2.05) is 0 Å². The van der Waals surface area contributed by atoms with Crippen molar-refractivity contribution in [1.29, 1.82) is 0 Å². The Balaban J connectivity index is 2.30. The van der Waals surface area contributed by atoms with Crippen molar-refractivity contribution in [3.05, 3.63) is 53.2 Å². The number of aliphatic hydroxyl groups excluding tert-OH is 1. The van der Waals surface area contributed by atoms with E-state index >= 15 is 0 Å². The molecule has 0 unspecified atom stereocenters. The van der Waals surface area contributed by atoms with Gasteiger partial charge in [-0.3, -0.25) is 0 Å². The van der Waals surface area contributed by atoms with Gasteiger partial charge in [0.2, 0.25) is 10.0 Å². The normalized spacial score (nSPS) is 12.0. The van der Waals surface area contributed by atoms with Gasteiger partial charge in [-0.15, -0.1) is 0 Å². The number of rotatable bonds is 5. The predicted octanol–water partition coefficient (Wildman–Crippen LogP) is 2.04. The van der Waals surface area contributed by atoms with Gasteiger partial charge in [0.15, 0.2) is 0 Å². The molecule has 2 aromatic rings. The number of sulfonamides is 1. The van der Waals surface area contributed by atoms with Gasteiger partial charge in [-0.05, 0) is 13.0 Å². The Hall–Kier alpha value is -1.70. The molecule has 1 aromatic carbocycles. The number of hydrogen-bond acceptors (Lipinski definition) is 4. The lowest BCUT2D eigenvalue weighted by Crippen LogP contribution is -2.27. The van der Waals surface area contributed by atoms with Crippen LogP contribution in [0, 0.1) is 12.7 Å². The average molecular weight is 313 g/mol. The zero-order valence-corrected chi connectivity index (χ0v) is 12.5. The highest BCUT2D eigenvalue weighted by Gasteiger charge is 2.26. The van der Waals surface area contributed by atoms with Gasteiger partial charge in [0.25, 0.3) is 0 Å². The Morgan fingerprint density at radius 3 is 2.57 bits per heavy atom. The van der Waals surface area contributed by atoms with Gasteiger partial charge >= 0.3 is 0 Å². The van der Waals surface area contributed by atoms with Crippen molar-refractivity contribution >= 4 is 10.0 Å². The van der Waals surface area contributed by atoms with E-state index in [0.717, 1.165) is 4.31 Å². The lowest BCUT2D eigenvalue weighted by Gasteiger charge is -2.17. The maximum absolute atomic E-state index is 13.6. The maximum Gasteiger partial charge on any atom is 0.246 e. The molecule has 0 aliphatic carbocycles. The third-order valence-electron chi connectivity index (χ3n) is 3.12. The van der Waals surface area contributed by atoms with Crippen molar-refractivity contribution in [2.24, 2.45) is 0 Å². The molecule has 1 N–H and O–H groups in total. The van der Waals surface area contributed by atoms with Crippen molar-refractivity contribution in [3.8, 4) is 0 Å². The van der Waals surface area contributed by atoms with E-state index in [2.05, 4.69) is 0 Å². The molecular weight excluding hydrogens is 297 g/mol. The summed E-state index contributed by atoms with van der Waals surface area (Å²) in [6, 6.07) is 7.28. The summed E-state index contributed by atoms with van der Waals surface area (Å²) in [5, 5.41) is 9.00. The van der Waals surface area contributed by atoms with Crippen LogP contribution in [0.4, 0.5) is 4.39 Å². The average Bonchev–Trinajstić information content (AvgIpc) is 2.83. The number of hydrogen-bond donors (Lipinski definition) is 1. The number of benzene rings is 1. The highest BCUT2D eigenvalue weighted by atomic mass is 32.2. The summed E-state index contributed by atoms with van der Waals surface area (Å²) in [5.41, 5.74) is 0.284. The van der Waals surface area contributed by atoms with Crippen molar-refractivity contribution in [3.63, 3.8) is 0 Å². The van der Waals surface area contributed by atoms with Crippen LogP contribution in [0.3, 0.4) is 0 Å². The first-order valence-electron chi connectivity index (χ1n) is 6.26. The minimum absolute atomic E-state index is 0.0228. The summed E-state index contributed by atoms with van der Waals surface area (Å²) < 4.78 is 44.7. The molecule has 0 aliphatic rings. The standard InChI is InChI=1S/C14H16FNO4S/c1-10-14(7-12(9-17)20-10)21(18,19)16(2)8-11-5-3-4-6-13(11)15/h3-7,17H,8-9H2,1-2H3. The second kappa shape index (κ2) is 5.97. The minimum atomic E-state index is -3.81. The molecule has 7 heteroatoms. The summed E-state index contributed by atoms with van der Waals surface area (Å²) in [6.07, 6.45) is 0. The highest BCUT2D eigenvalue weighted by molar-refractivity contribution is 7.89. The smallest absolute Gasteiger partial charge is 0.246 e. The molecule has 0 saturated carbocycles. The van der Waals surface area contributed by atoms with E-state index in [9.17, 15) is 12.8 Å². The molecule has 0 bridgehead atoms. The first kappa shape index (κ1) is 15.7. The number of nitrogens with zero attached hydrogens (tertiary/aromatic N) is 1. The molecule has 0 saturated heterocycles. The molecule has 0 amide bonds. The first-order chi connectivity index (χ1) is 9.86. The van der Waals surface area contributed by atoms with Gasteiger partial charge in [0.05, 0.1) is 0 Å². The molecule has 0 atom stereocenters. The van der Waals surface area contributed by atoms with Gasteiger partial charge < -0.3 is 9.52 Å². The third kappa shape index (κ3) is 3.15. The summed E-state index contributed by atoms with van der Waals surface area (Å²) in [5.74, 6) is -0.0932. The van der Waals surface area contributed by atoms with Crippen molar-refractivity contribution in [2.75, 3.05) is 7.05 Å². The van der Waals surface area contributed by atoms with E-state index in [1.165, 1.54) is 32.2 Å². The number of halogens is 1. The topological polar surface area (TPSA) is 70.8 Å². The molecule has 21 heavy (non-hydrogen) atoms. The SMILES string of the molecule is Cc1oc(CO)cc1S(=O)(=O)N(C)Cc1ccccc1F. The first-order valence-corrected chi connectivity index (χ1v) is 7.70. The quantitative estimate of drug-likeness (QED) is 0.917. The molecule has 2 rings (SSSR count).